The number of benzene rings is 1. The number of ether oxygens (including phenoxy) is 2. The minimum absolute atomic E-state index is 0.586. The fourth-order valence-electron chi connectivity index (χ4n) is 1.83. The topological polar surface area (TPSA) is 30.5 Å². The van der Waals surface area contributed by atoms with Gasteiger partial charge in [-0.2, -0.15) is 0 Å². The lowest BCUT2D eigenvalue weighted by atomic mass is 10.1. The van der Waals surface area contributed by atoms with Gasteiger partial charge in [-0.3, -0.25) is 0 Å². The van der Waals surface area contributed by atoms with Gasteiger partial charge >= 0.3 is 0 Å². The Morgan fingerprint density at radius 3 is 2.24 bits per heavy atom. The van der Waals surface area contributed by atoms with Crippen molar-refractivity contribution in [1.29, 1.82) is 0 Å². The van der Waals surface area contributed by atoms with Gasteiger partial charge in [0.2, 0.25) is 0 Å². The van der Waals surface area contributed by atoms with Crippen molar-refractivity contribution >= 4 is 0 Å². The highest BCUT2D eigenvalue weighted by atomic mass is 16.5. The van der Waals surface area contributed by atoms with E-state index >= 15 is 0 Å². The molecule has 0 saturated heterocycles. The summed E-state index contributed by atoms with van der Waals surface area (Å²) in [6.45, 7) is 5.28. The van der Waals surface area contributed by atoms with E-state index in [4.69, 9.17) is 9.47 Å². The van der Waals surface area contributed by atoms with Crippen LogP contribution in [-0.4, -0.2) is 20.3 Å². The van der Waals surface area contributed by atoms with Gasteiger partial charge in [-0.25, -0.2) is 0 Å². The zero-order valence-corrected chi connectivity index (χ0v) is 11.2. The molecule has 0 aromatic heterocycles. The normalized spacial score (nSPS) is 10.6. The Morgan fingerprint density at radius 2 is 1.71 bits per heavy atom. The standard InChI is InChI=1S/C14H23NO2/c1-5-12(6-2)15-10-11-7-8-13(16-3)14(9-11)17-4/h7-9,12,15H,5-6,10H2,1-4H3. The maximum atomic E-state index is 5.28. The van der Waals surface area contributed by atoms with Crippen LogP contribution in [0.15, 0.2) is 18.2 Å². The van der Waals surface area contributed by atoms with Crippen molar-refractivity contribution in [3.05, 3.63) is 23.8 Å². The third-order valence-corrected chi connectivity index (χ3v) is 3.03. The minimum atomic E-state index is 0.586. The molecule has 1 aromatic rings. The summed E-state index contributed by atoms with van der Waals surface area (Å²) >= 11 is 0. The first-order chi connectivity index (χ1) is 8.24. The SMILES string of the molecule is CCC(CC)NCc1ccc(OC)c(OC)c1. The molecule has 0 aliphatic carbocycles. The largest absolute Gasteiger partial charge is 0.493 e. The van der Waals surface area contributed by atoms with Gasteiger partial charge < -0.3 is 14.8 Å². The molecular weight excluding hydrogens is 214 g/mol. The van der Waals surface area contributed by atoms with Crippen LogP contribution in [0.25, 0.3) is 0 Å². The summed E-state index contributed by atoms with van der Waals surface area (Å²) < 4.78 is 10.5. The van der Waals surface area contributed by atoms with Crippen molar-refractivity contribution in [3.63, 3.8) is 0 Å². The Labute approximate surface area is 104 Å². The van der Waals surface area contributed by atoms with Crippen LogP contribution in [0.1, 0.15) is 32.3 Å². The molecule has 0 aliphatic heterocycles. The third-order valence-electron chi connectivity index (χ3n) is 3.03. The van der Waals surface area contributed by atoms with Crippen LogP contribution in [0.5, 0.6) is 11.5 Å². The quantitative estimate of drug-likeness (QED) is 0.791. The Bertz CT molecular complexity index is 335. The monoisotopic (exact) mass is 237 g/mol. The van der Waals surface area contributed by atoms with E-state index < -0.39 is 0 Å². The molecule has 1 N–H and O–H groups in total. The van der Waals surface area contributed by atoms with Crippen molar-refractivity contribution in [2.24, 2.45) is 0 Å². The molecule has 17 heavy (non-hydrogen) atoms. The molecule has 0 atom stereocenters. The van der Waals surface area contributed by atoms with Crippen LogP contribution in [0.4, 0.5) is 0 Å². The van der Waals surface area contributed by atoms with E-state index in [0.29, 0.717) is 6.04 Å². The predicted octanol–water partition coefficient (Wildman–Crippen LogP) is 2.98. The zero-order chi connectivity index (χ0) is 12.7. The molecule has 0 radical (unpaired) electrons. The first kappa shape index (κ1) is 13.8. The lowest BCUT2D eigenvalue weighted by Crippen LogP contribution is -2.26. The lowest BCUT2D eigenvalue weighted by molar-refractivity contribution is 0.354. The maximum absolute atomic E-state index is 5.28. The predicted molar refractivity (Wildman–Crippen MR) is 70.8 cm³/mol. The number of hydrogen-bond acceptors (Lipinski definition) is 3. The van der Waals surface area contributed by atoms with Crippen molar-refractivity contribution in [2.75, 3.05) is 14.2 Å². The molecule has 0 amide bonds. The van der Waals surface area contributed by atoms with Crippen LogP contribution in [-0.2, 0) is 6.54 Å². The molecule has 3 nitrogen and oxygen atoms in total. The van der Waals surface area contributed by atoms with E-state index in [1.165, 1.54) is 5.56 Å². The van der Waals surface area contributed by atoms with E-state index in [9.17, 15) is 0 Å². The van der Waals surface area contributed by atoms with Gasteiger partial charge in [-0.15, -0.1) is 0 Å². The molecular formula is C14H23NO2. The third kappa shape index (κ3) is 3.93. The Kier molecular flexibility index (Phi) is 5.84. The fraction of sp³-hybridized carbons (Fsp3) is 0.571. The number of methoxy groups -OCH3 is 2. The molecule has 0 heterocycles. The van der Waals surface area contributed by atoms with Crippen molar-refractivity contribution in [3.8, 4) is 11.5 Å². The van der Waals surface area contributed by atoms with Crippen molar-refractivity contribution < 1.29 is 9.47 Å². The van der Waals surface area contributed by atoms with Gasteiger partial charge in [-0.05, 0) is 30.5 Å². The summed E-state index contributed by atoms with van der Waals surface area (Å²) in [5.41, 5.74) is 1.22. The van der Waals surface area contributed by atoms with E-state index in [1.807, 2.05) is 12.1 Å². The number of nitrogens with one attached hydrogen (secondary N) is 1. The zero-order valence-electron chi connectivity index (χ0n) is 11.2. The highest BCUT2D eigenvalue weighted by Gasteiger charge is 2.06. The highest BCUT2D eigenvalue weighted by Crippen LogP contribution is 2.27. The second kappa shape index (κ2) is 7.17. The van der Waals surface area contributed by atoms with Gasteiger partial charge in [0.15, 0.2) is 11.5 Å². The molecule has 0 aliphatic rings. The summed E-state index contributed by atoms with van der Waals surface area (Å²) in [6.07, 6.45) is 2.31. The van der Waals surface area contributed by atoms with Crippen LogP contribution < -0.4 is 14.8 Å². The number of rotatable bonds is 7. The van der Waals surface area contributed by atoms with Crippen LogP contribution in [0.3, 0.4) is 0 Å². The molecule has 3 heteroatoms. The van der Waals surface area contributed by atoms with E-state index in [-0.39, 0.29) is 0 Å². The average Bonchev–Trinajstić information content (AvgIpc) is 2.39. The van der Waals surface area contributed by atoms with E-state index in [2.05, 4.69) is 25.2 Å². The van der Waals surface area contributed by atoms with E-state index in [0.717, 1.165) is 30.9 Å². The summed E-state index contributed by atoms with van der Waals surface area (Å²) in [4.78, 5) is 0. The second-order valence-electron chi connectivity index (χ2n) is 4.08. The second-order valence-corrected chi connectivity index (χ2v) is 4.08. The summed E-state index contributed by atoms with van der Waals surface area (Å²) in [5, 5.41) is 3.53. The smallest absolute Gasteiger partial charge is 0.161 e. The van der Waals surface area contributed by atoms with Gasteiger partial charge in [0, 0.05) is 12.6 Å². The molecule has 0 saturated carbocycles. The summed E-state index contributed by atoms with van der Waals surface area (Å²) in [7, 11) is 3.32. The van der Waals surface area contributed by atoms with Gasteiger partial charge in [0.25, 0.3) is 0 Å². The Balaban J connectivity index is 2.66. The Hall–Kier alpha value is -1.22. The molecule has 0 spiro atoms. The van der Waals surface area contributed by atoms with Crippen molar-refractivity contribution in [2.45, 2.75) is 39.3 Å². The van der Waals surface area contributed by atoms with E-state index in [1.54, 1.807) is 14.2 Å². The van der Waals surface area contributed by atoms with Crippen molar-refractivity contribution in [1.82, 2.24) is 5.32 Å². The van der Waals surface area contributed by atoms with Gasteiger partial charge in [0.05, 0.1) is 14.2 Å². The molecule has 96 valence electrons. The molecule has 0 unspecified atom stereocenters. The fourth-order valence-corrected chi connectivity index (χ4v) is 1.83. The maximum Gasteiger partial charge on any atom is 0.161 e. The van der Waals surface area contributed by atoms with Gasteiger partial charge in [-0.1, -0.05) is 19.9 Å². The summed E-state index contributed by atoms with van der Waals surface area (Å²) in [5.74, 6) is 1.56. The molecule has 1 rings (SSSR count). The number of hydrogen-bond donors (Lipinski definition) is 1. The molecule has 1 aromatic carbocycles. The lowest BCUT2D eigenvalue weighted by Gasteiger charge is -2.15. The first-order valence-corrected chi connectivity index (χ1v) is 6.19. The van der Waals surface area contributed by atoms with Crippen LogP contribution in [0.2, 0.25) is 0 Å². The molecule has 0 fully saturated rings. The average molecular weight is 237 g/mol. The Morgan fingerprint density at radius 1 is 1.06 bits per heavy atom. The highest BCUT2D eigenvalue weighted by molar-refractivity contribution is 5.42. The van der Waals surface area contributed by atoms with Crippen LogP contribution >= 0.6 is 0 Å². The van der Waals surface area contributed by atoms with Gasteiger partial charge in [0.1, 0.15) is 0 Å². The minimum Gasteiger partial charge on any atom is -0.493 e. The summed E-state index contributed by atoms with van der Waals surface area (Å²) in [6, 6.07) is 6.62. The molecule has 0 bridgehead atoms. The first-order valence-electron chi connectivity index (χ1n) is 6.19. The van der Waals surface area contributed by atoms with Crippen LogP contribution in [0, 0.1) is 0 Å².